The van der Waals surface area contributed by atoms with Crippen LogP contribution in [0.1, 0.15) is 116 Å². The molecule has 2 atom stereocenters. The minimum atomic E-state index is -4.35. The molecule has 1 aliphatic heterocycles. The molecule has 2 unspecified atom stereocenters. The Labute approximate surface area is 294 Å². The molecule has 1 aromatic rings. The normalized spacial score (nSPS) is 21.0. The number of nitrogens with zero attached hydrogens (tertiary/aromatic N) is 2. The maximum absolute atomic E-state index is 13.1. The molecule has 2 fully saturated rings. The van der Waals surface area contributed by atoms with Gasteiger partial charge >= 0.3 is 24.1 Å². The Kier molecular flexibility index (Phi) is 15.8. The highest BCUT2D eigenvalue weighted by atomic mass is 19.4. The first-order chi connectivity index (χ1) is 23.7. The van der Waals surface area contributed by atoms with E-state index in [9.17, 15) is 32.3 Å². The van der Waals surface area contributed by atoms with Crippen LogP contribution >= 0.6 is 0 Å². The number of esters is 3. The summed E-state index contributed by atoms with van der Waals surface area (Å²) in [5.41, 5.74) is 0.993. The Hall–Kier alpha value is -3.44. The first kappa shape index (κ1) is 41.0. The lowest BCUT2D eigenvalue weighted by molar-refractivity contribution is -0.181. The largest absolute Gasteiger partial charge is 0.466 e. The van der Waals surface area contributed by atoms with Gasteiger partial charge in [0.1, 0.15) is 11.2 Å². The molecule has 0 N–H and O–H groups in total. The van der Waals surface area contributed by atoms with Crippen LogP contribution in [0, 0.1) is 17.8 Å². The summed E-state index contributed by atoms with van der Waals surface area (Å²) in [6, 6.07) is 3.08. The van der Waals surface area contributed by atoms with E-state index in [2.05, 4.69) is 16.0 Å². The zero-order valence-electron chi connectivity index (χ0n) is 30.4. The number of alkyl halides is 3. The molecule has 0 radical (unpaired) electrons. The van der Waals surface area contributed by atoms with E-state index < -0.39 is 11.6 Å². The second-order valence-electron chi connectivity index (χ2n) is 13.8. The number of hydrogen-bond acceptors (Lipinski definition) is 9. The molecule has 1 aromatic heterocycles. The van der Waals surface area contributed by atoms with Crippen LogP contribution in [-0.4, -0.2) is 72.7 Å². The summed E-state index contributed by atoms with van der Waals surface area (Å²) < 4.78 is 54.2. The number of hydrogen-bond donors (Lipinski definition) is 0. The number of Topliss-reactive ketones (excluding diaryl/α,β-unsaturated/α-hetero) is 1. The van der Waals surface area contributed by atoms with Crippen LogP contribution < -0.4 is 0 Å². The predicted octanol–water partition coefficient (Wildman–Crippen LogP) is 7.23. The molecule has 50 heavy (non-hydrogen) atoms. The van der Waals surface area contributed by atoms with Gasteiger partial charge in [0.15, 0.2) is 0 Å². The van der Waals surface area contributed by atoms with Crippen LogP contribution in [0.2, 0.25) is 0 Å². The number of rotatable bonds is 8. The van der Waals surface area contributed by atoms with Crippen molar-refractivity contribution in [2.45, 2.75) is 123 Å². The van der Waals surface area contributed by atoms with Crippen LogP contribution in [0.15, 0.2) is 23.9 Å². The number of fused-ring (bicyclic) bond motifs is 1. The quantitative estimate of drug-likeness (QED) is 0.204. The molecular formula is C38H55F3N2O7. The van der Waals surface area contributed by atoms with Crippen molar-refractivity contribution in [1.82, 2.24) is 9.88 Å². The fourth-order valence-electron chi connectivity index (χ4n) is 6.59. The molecule has 4 aliphatic rings. The van der Waals surface area contributed by atoms with E-state index in [1.165, 1.54) is 37.7 Å². The summed E-state index contributed by atoms with van der Waals surface area (Å²) >= 11 is 0. The lowest BCUT2D eigenvalue weighted by Gasteiger charge is -2.29. The summed E-state index contributed by atoms with van der Waals surface area (Å²) in [5.74, 6) is -0.266. The fraction of sp³-hybridized carbons (Fsp3) is 0.711. The Morgan fingerprint density at radius 2 is 1.30 bits per heavy atom. The summed E-state index contributed by atoms with van der Waals surface area (Å²) in [7, 11) is 0. The number of carbonyl (C=O) groups is 4. The van der Waals surface area contributed by atoms with E-state index in [1.54, 1.807) is 19.9 Å². The molecule has 5 rings (SSSR count). The molecular weight excluding hydrogens is 653 g/mol. The van der Waals surface area contributed by atoms with E-state index in [0.29, 0.717) is 70.5 Å². The molecule has 1 saturated carbocycles. The van der Waals surface area contributed by atoms with Crippen molar-refractivity contribution < 1.29 is 46.6 Å². The standard InChI is InChI=1S/C16H20F3NO2.C13H21NO2.C9H14O3/c1-4-22-14(21)11-5-7-12-10(9-11)6-8-13(20-12)15(2,3)16(17,18)19;1-2-16-13(15)11-5-7-12(8-6-11)14-9-3-4-10-14;1-2-12-9(11)7-3-5-8(10)6-4-7/h6,8,11H,4-5,7,9H2,1-3H3;7,11H,2-6,8-10H2,1H3;7H,2-6H2,1H3. The van der Waals surface area contributed by atoms with Crippen molar-refractivity contribution in [3.63, 3.8) is 0 Å². The van der Waals surface area contributed by atoms with Gasteiger partial charge in [-0.25, -0.2) is 0 Å². The molecule has 1 saturated heterocycles. The van der Waals surface area contributed by atoms with Gasteiger partial charge in [0.2, 0.25) is 0 Å². The van der Waals surface area contributed by atoms with E-state index >= 15 is 0 Å². The number of likely N-dealkylation sites (tertiary alicyclic amines) is 1. The summed E-state index contributed by atoms with van der Waals surface area (Å²) in [6.45, 7) is 11.4. The summed E-state index contributed by atoms with van der Waals surface area (Å²) in [5, 5.41) is 0. The van der Waals surface area contributed by atoms with Gasteiger partial charge in [0.25, 0.3) is 0 Å². The highest BCUT2D eigenvalue weighted by Gasteiger charge is 2.49. The van der Waals surface area contributed by atoms with Crippen molar-refractivity contribution in [3.05, 3.63) is 40.9 Å². The Balaban J connectivity index is 0.000000213. The van der Waals surface area contributed by atoms with Crippen molar-refractivity contribution >= 4 is 23.7 Å². The topological polar surface area (TPSA) is 112 Å². The second-order valence-corrected chi connectivity index (χ2v) is 13.8. The molecule has 2 heterocycles. The first-order valence-electron chi connectivity index (χ1n) is 18.2. The first-order valence-corrected chi connectivity index (χ1v) is 18.2. The number of allylic oxidation sites excluding steroid dienone is 2. The molecule has 0 aromatic carbocycles. The maximum Gasteiger partial charge on any atom is 0.399 e. The van der Waals surface area contributed by atoms with E-state index in [-0.39, 0.29) is 47.1 Å². The van der Waals surface area contributed by atoms with Crippen LogP contribution in [0.5, 0.6) is 0 Å². The number of halogens is 3. The fourth-order valence-corrected chi connectivity index (χ4v) is 6.59. The second kappa shape index (κ2) is 19.2. The number of pyridine rings is 1. The van der Waals surface area contributed by atoms with Crippen molar-refractivity contribution in [2.24, 2.45) is 17.8 Å². The summed E-state index contributed by atoms with van der Waals surface area (Å²) in [6.07, 6.45) is 7.39. The predicted molar refractivity (Wildman–Crippen MR) is 182 cm³/mol. The zero-order chi connectivity index (χ0) is 36.9. The minimum Gasteiger partial charge on any atom is -0.466 e. The van der Waals surface area contributed by atoms with Crippen molar-refractivity contribution in [2.75, 3.05) is 32.9 Å². The molecule has 3 aliphatic carbocycles. The van der Waals surface area contributed by atoms with Gasteiger partial charge in [-0.05, 0) is 110 Å². The third kappa shape index (κ3) is 11.5. The molecule has 12 heteroatoms. The van der Waals surface area contributed by atoms with Crippen LogP contribution in [0.25, 0.3) is 0 Å². The average molecular weight is 709 g/mol. The summed E-state index contributed by atoms with van der Waals surface area (Å²) in [4.78, 5) is 52.0. The maximum atomic E-state index is 13.1. The van der Waals surface area contributed by atoms with E-state index in [0.717, 1.165) is 38.7 Å². The van der Waals surface area contributed by atoms with Crippen LogP contribution in [-0.2, 0) is 51.6 Å². The third-order valence-electron chi connectivity index (χ3n) is 9.92. The molecule has 9 nitrogen and oxygen atoms in total. The van der Waals surface area contributed by atoms with Gasteiger partial charge in [-0.3, -0.25) is 24.2 Å². The lowest BCUT2D eigenvalue weighted by atomic mass is 9.83. The number of ether oxygens (including phenoxy) is 3. The smallest absolute Gasteiger partial charge is 0.399 e. The Morgan fingerprint density at radius 1 is 0.780 bits per heavy atom. The highest BCUT2D eigenvalue weighted by molar-refractivity contribution is 5.82. The van der Waals surface area contributed by atoms with Crippen LogP contribution in [0.3, 0.4) is 0 Å². The van der Waals surface area contributed by atoms with Gasteiger partial charge in [-0.2, -0.15) is 13.2 Å². The molecule has 0 amide bonds. The molecule has 0 spiro atoms. The monoisotopic (exact) mass is 708 g/mol. The van der Waals surface area contributed by atoms with E-state index in [1.807, 2.05) is 6.92 Å². The highest BCUT2D eigenvalue weighted by Crippen LogP contribution is 2.40. The number of aromatic nitrogens is 1. The lowest BCUT2D eigenvalue weighted by Crippen LogP contribution is -2.37. The Bertz CT molecular complexity index is 1330. The van der Waals surface area contributed by atoms with Gasteiger partial charge < -0.3 is 19.1 Å². The van der Waals surface area contributed by atoms with E-state index in [4.69, 9.17) is 14.2 Å². The Morgan fingerprint density at radius 3 is 1.82 bits per heavy atom. The SMILES string of the molecule is CCOC(=O)C1CC=C(N2CCCC2)CC1.CCOC(=O)C1CCC(=O)CC1.CCOC(=O)C1CCc2nc(C(C)(C)C(F)(F)F)ccc2C1. The number of aryl methyl sites for hydroxylation is 1. The average Bonchev–Trinajstić information content (AvgIpc) is 3.64. The van der Waals surface area contributed by atoms with Gasteiger partial charge in [0.05, 0.1) is 43.3 Å². The number of ketones is 1. The molecule has 0 bridgehead atoms. The van der Waals surface area contributed by atoms with Crippen molar-refractivity contribution in [3.8, 4) is 0 Å². The third-order valence-corrected chi connectivity index (χ3v) is 9.92. The van der Waals surface area contributed by atoms with Gasteiger partial charge in [-0.15, -0.1) is 0 Å². The molecule has 280 valence electrons. The van der Waals surface area contributed by atoms with Gasteiger partial charge in [-0.1, -0.05) is 12.1 Å². The number of carbonyl (C=O) groups excluding carboxylic acids is 4. The van der Waals surface area contributed by atoms with Crippen LogP contribution in [0.4, 0.5) is 13.2 Å². The van der Waals surface area contributed by atoms with Gasteiger partial charge in [0, 0.05) is 37.3 Å². The zero-order valence-corrected chi connectivity index (χ0v) is 30.4. The minimum absolute atomic E-state index is 0.0146. The van der Waals surface area contributed by atoms with Crippen molar-refractivity contribution in [1.29, 1.82) is 0 Å².